The molecular weight excluding hydrogens is 1140 g/mol. The summed E-state index contributed by atoms with van der Waals surface area (Å²) in [6, 6.07) is 21.2. The maximum atomic E-state index is 13.0. The van der Waals surface area contributed by atoms with Crippen LogP contribution in [0.5, 0.6) is 80.5 Å². The second kappa shape index (κ2) is 33.5. The van der Waals surface area contributed by atoms with Crippen molar-refractivity contribution in [3.8, 4) is 80.5 Å². The first-order valence-electron chi connectivity index (χ1n) is 26.1. The van der Waals surface area contributed by atoms with Gasteiger partial charge in [-0.1, -0.05) is 156 Å². The molecular formula is C63H78Cl3F3O14. The van der Waals surface area contributed by atoms with Crippen molar-refractivity contribution in [2.45, 2.75) is 138 Å². The lowest BCUT2D eigenvalue weighted by Gasteiger charge is -2.10. The summed E-state index contributed by atoms with van der Waals surface area (Å²) in [7, 11) is 0. The first-order valence-corrected chi connectivity index (χ1v) is 27.2. The van der Waals surface area contributed by atoms with Crippen LogP contribution in [0.1, 0.15) is 177 Å². The molecule has 0 aliphatic heterocycles. The zero-order valence-corrected chi connectivity index (χ0v) is 51.0. The molecule has 0 radical (unpaired) electrons. The molecule has 7 rings (SSSR count). The molecule has 0 saturated heterocycles. The van der Waals surface area contributed by atoms with Crippen molar-refractivity contribution in [3.63, 3.8) is 0 Å². The van der Waals surface area contributed by atoms with E-state index in [4.69, 9.17) is 60.3 Å². The Balaban J connectivity index is 0.000000484. The number of rotatable bonds is 7. The highest BCUT2D eigenvalue weighted by atomic mass is 35.5. The van der Waals surface area contributed by atoms with E-state index in [1.54, 1.807) is 50.2 Å². The van der Waals surface area contributed by atoms with Crippen molar-refractivity contribution >= 4 is 34.8 Å². The van der Waals surface area contributed by atoms with E-state index in [-0.39, 0.29) is 121 Å². The summed E-state index contributed by atoms with van der Waals surface area (Å²) in [6.07, 6.45) is 0. The van der Waals surface area contributed by atoms with E-state index in [1.807, 2.05) is 83.1 Å². The molecule has 0 aliphatic rings. The summed E-state index contributed by atoms with van der Waals surface area (Å²) >= 11 is 17.1. The molecule has 7 aromatic rings. The summed E-state index contributed by atoms with van der Waals surface area (Å²) in [5.74, 6) is -4.39. The summed E-state index contributed by atoms with van der Waals surface area (Å²) < 4.78 is 38.3. The van der Waals surface area contributed by atoms with Crippen molar-refractivity contribution in [1.29, 1.82) is 0 Å². The summed E-state index contributed by atoms with van der Waals surface area (Å²) in [5.41, 5.74) is 3.88. The monoisotopic (exact) mass is 1220 g/mol. The van der Waals surface area contributed by atoms with Crippen LogP contribution in [0.25, 0.3) is 0 Å². The Morgan fingerprint density at radius 1 is 0.277 bits per heavy atom. The van der Waals surface area contributed by atoms with Gasteiger partial charge in [-0.2, -0.15) is 0 Å². The number of aromatic hydroxyl groups is 14. The Kier molecular flexibility index (Phi) is 29.6. The number of para-hydroxylation sites is 1. The van der Waals surface area contributed by atoms with Crippen molar-refractivity contribution in [1.82, 2.24) is 0 Å². The molecule has 0 atom stereocenters. The first kappa shape index (κ1) is 73.4. The largest absolute Gasteiger partial charge is 0.504 e. The Labute approximate surface area is 498 Å². The smallest absolute Gasteiger partial charge is 0.194 e. The van der Waals surface area contributed by atoms with Crippen LogP contribution in [0.4, 0.5) is 13.2 Å². The van der Waals surface area contributed by atoms with E-state index in [1.165, 1.54) is 30.3 Å². The minimum Gasteiger partial charge on any atom is -0.504 e. The predicted octanol–water partition coefficient (Wildman–Crippen LogP) is 17.9. The highest BCUT2D eigenvalue weighted by Gasteiger charge is 2.18. The summed E-state index contributed by atoms with van der Waals surface area (Å²) in [6.45, 7) is 26.3. The topological polar surface area (TPSA) is 283 Å². The van der Waals surface area contributed by atoms with Gasteiger partial charge in [0.2, 0.25) is 0 Å². The third-order valence-electron chi connectivity index (χ3n) is 12.0. The molecule has 0 spiro atoms. The zero-order chi connectivity index (χ0) is 64.2. The molecule has 0 fully saturated rings. The van der Waals surface area contributed by atoms with Crippen LogP contribution >= 0.6 is 34.8 Å². The number of hydrogen-bond acceptors (Lipinski definition) is 14. The molecule has 0 heterocycles. The van der Waals surface area contributed by atoms with Gasteiger partial charge in [0, 0.05) is 61.1 Å². The number of benzene rings is 7. The van der Waals surface area contributed by atoms with Gasteiger partial charge in [-0.25, -0.2) is 13.2 Å². The van der Waals surface area contributed by atoms with E-state index in [2.05, 4.69) is 0 Å². The van der Waals surface area contributed by atoms with Gasteiger partial charge in [0.05, 0.1) is 5.02 Å². The molecule has 0 saturated carbocycles. The molecule has 83 heavy (non-hydrogen) atoms. The quantitative estimate of drug-likeness (QED) is 0.0661. The number of phenols is 14. The summed E-state index contributed by atoms with van der Waals surface area (Å²) in [4.78, 5) is 0. The van der Waals surface area contributed by atoms with Crippen molar-refractivity contribution in [3.05, 3.63) is 162 Å². The maximum Gasteiger partial charge on any atom is 0.194 e. The van der Waals surface area contributed by atoms with Gasteiger partial charge < -0.3 is 71.5 Å². The van der Waals surface area contributed by atoms with Gasteiger partial charge in [0.25, 0.3) is 0 Å². The molecule has 14 nitrogen and oxygen atoms in total. The minimum atomic E-state index is -0.795. The average Bonchev–Trinajstić information content (AvgIpc) is 3.45. The average molecular weight is 1220 g/mol. The standard InChI is InChI=1S/3C9H11ClO2.3C9H11FO2.C9H12O2/c1-5(2)7-3-6(10)4-8(11)9(7)12;1-5(2)8-6(10)3-4-7(11)9(8)12;1-5(2)6-3-4-7(10)9(12)8(6)11;1-5(2)7-3-6(10)4-8(11)9(7)12;1-5(2)8-6(10)3-4-7(11)9(8)12;1-5(2)6-3-4-7(10)9(12)8(6)11;1-6(2)7-4-3-5-8(10)9(7)11/h6*3-5,11-12H,1-2H3;3-6,10-11H,1-2H3. The van der Waals surface area contributed by atoms with E-state index in [0.717, 1.165) is 29.8 Å². The lowest BCUT2D eigenvalue weighted by molar-refractivity contribution is 0.374. The molecule has 7 aromatic carbocycles. The SMILES string of the molecule is CC(C)c1c(Cl)ccc(O)c1O.CC(C)c1c(F)ccc(O)c1O.CC(C)c1cc(Cl)cc(O)c1O.CC(C)c1cc(F)cc(O)c1O.CC(C)c1ccc(Cl)c(O)c1O.CC(C)c1ccc(F)c(O)c1O.CC(C)c1cccc(O)c1O. The second-order valence-corrected chi connectivity index (χ2v) is 22.1. The third-order valence-corrected chi connectivity index (χ3v) is 12.9. The Morgan fingerprint density at radius 3 is 1.07 bits per heavy atom. The van der Waals surface area contributed by atoms with Gasteiger partial charge in [0.1, 0.15) is 11.6 Å². The molecule has 14 N–H and O–H groups in total. The van der Waals surface area contributed by atoms with Crippen LogP contribution in [-0.4, -0.2) is 71.5 Å². The van der Waals surface area contributed by atoms with Crippen molar-refractivity contribution < 1.29 is 84.7 Å². The van der Waals surface area contributed by atoms with Crippen LogP contribution in [0, 0.1) is 17.5 Å². The Morgan fingerprint density at radius 2 is 0.639 bits per heavy atom. The van der Waals surface area contributed by atoms with Crippen molar-refractivity contribution in [2.75, 3.05) is 0 Å². The Bertz CT molecular complexity index is 3040. The van der Waals surface area contributed by atoms with Gasteiger partial charge in [-0.15, -0.1) is 0 Å². The van der Waals surface area contributed by atoms with Crippen LogP contribution in [0.3, 0.4) is 0 Å². The number of halogens is 6. The fraction of sp³-hybridized carbons (Fsp3) is 0.333. The van der Waals surface area contributed by atoms with Crippen LogP contribution < -0.4 is 0 Å². The van der Waals surface area contributed by atoms with Gasteiger partial charge >= 0.3 is 0 Å². The lowest BCUT2D eigenvalue weighted by atomic mass is 10.0. The van der Waals surface area contributed by atoms with Gasteiger partial charge in [0.15, 0.2) is 86.3 Å². The Hall–Kier alpha value is -7.60. The van der Waals surface area contributed by atoms with Crippen LogP contribution in [0.2, 0.25) is 15.1 Å². The zero-order valence-electron chi connectivity index (χ0n) is 48.7. The van der Waals surface area contributed by atoms with Crippen molar-refractivity contribution in [2.24, 2.45) is 0 Å². The predicted molar refractivity (Wildman–Crippen MR) is 322 cm³/mol. The fourth-order valence-corrected chi connectivity index (χ4v) is 8.17. The highest BCUT2D eigenvalue weighted by Crippen LogP contribution is 2.42. The molecule has 0 amide bonds. The van der Waals surface area contributed by atoms with E-state index < -0.39 is 29.0 Å². The molecule has 0 aromatic heterocycles. The van der Waals surface area contributed by atoms with Gasteiger partial charge in [-0.05, 0) is 96.0 Å². The molecule has 0 bridgehead atoms. The molecule has 0 unspecified atom stereocenters. The van der Waals surface area contributed by atoms with Crippen LogP contribution in [-0.2, 0) is 0 Å². The lowest BCUT2D eigenvalue weighted by Crippen LogP contribution is -1.93. The number of phenolic OH excluding ortho intramolecular Hbond substituents is 14. The van der Waals surface area contributed by atoms with Crippen LogP contribution in [0.15, 0.2) is 91.0 Å². The fourth-order valence-electron chi connectivity index (χ4n) is 7.42. The minimum absolute atomic E-state index is 0.00231. The van der Waals surface area contributed by atoms with E-state index >= 15 is 0 Å². The number of hydrogen-bond donors (Lipinski definition) is 14. The molecule has 20 heteroatoms. The first-order chi connectivity index (χ1) is 38.3. The highest BCUT2D eigenvalue weighted by molar-refractivity contribution is 6.32. The third kappa shape index (κ3) is 21.6. The van der Waals surface area contributed by atoms with E-state index in [9.17, 15) is 59.1 Å². The van der Waals surface area contributed by atoms with E-state index in [0.29, 0.717) is 37.9 Å². The normalized spacial score (nSPS) is 10.6. The second-order valence-electron chi connectivity index (χ2n) is 20.8. The maximum absolute atomic E-state index is 13.0. The molecule has 0 aliphatic carbocycles. The van der Waals surface area contributed by atoms with Gasteiger partial charge in [-0.3, -0.25) is 0 Å². The summed E-state index contributed by atoms with van der Waals surface area (Å²) in [5, 5.41) is 130. The molecule has 456 valence electrons.